The molecule has 0 saturated heterocycles. The predicted molar refractivity (Wildman–Crippen MR) is 81.5 cm³/mol. The number of nitriles is 4. The maximum absolute atomic E-state index is 9.00. The van der Waals surface area contributed by atoms with Gasteiger partial charge in [0.05, 0.1) is 24.3 Å². The van der Waals surface area contributed by atoms with Gasteiger partial charge in [-0.3, -0.25) is 9.59 Å². The van der Waals surface area contributed by atoms with E-state index in [-0.39, 0.29) is 49.9 Å². The monoisotopic (exact) mass is 528 g/mol. The van der Waals surface area contributed by atoms with E-state index in [4.69, 9.17) is 40.8 Å². The van der Waals surface area contributed by atoms with Gasteiger partial charge >= 0.3 is 0 Å². The summed E-state index contributed by atoms with van der Waals surface area (Å²) in [4.78, 5) is 18.0. The Labute approximate surface area is 168 Å². The first-order chi connectivity index (χ1) is 9.12. The molecule has 0 aliphatic rings. The van der Waals surface area contributed by atoms with E-state index in [0.717, 1.165) is 13.8 Å². The van der Waals surface area contributed by atoms with Crippen LogP contribution < -0.4 is 0 Å². The van der Waals surface area contributed by atoms with Gasteiger partial charge in [0.15, 0.2) is 0 Å². The number of hydrogen-bond acceptors (Lipinski definition) is 6. The molecule has 0 spiro atoms. The van der Waals surface area contributed by atoms with E-state index >= 15 is 0 Å². The first kappa shape index (κ1) is 67.3. The molecule has 0 fully saturated rings. The Hall–Kier alpha value is -1.93. The van der Waals surface area contributed by atoms with E-state index < -0.39 is 11.9 Å². The molecule has 0 bridgehead atoms. The Bertz CT molecular complexity index is 300. The van der Waals surface area contributed by atoms with Crippen LogP contribution in [0.15, 0.2) is 0 Å². The minimum atomic E-state index is -0.833. The summed E-state index contributed by atoms with van der Waals surface area (Å²) in [5.74, 6) is -1.67. The van der Waals surface area contributed by atoms with Gasteiger partial charge in [-0.25, -0.2) is 0 Å². The number of rotatable bonds is 0. The smallest absolute Gasteiger partial charge is 0.300 e. The molecule has 0 unspecified atom stereocenters. The molecule has 0 rings (SSSR count). The van der Waals surface area contributed by atoms with Crippen molar-refractivity contribution in [1.29, 1.82) is 21.0 Å². The number of hydrogen-bond donors (Lipinski definition) is 2. The van der Waals surface area contributed by atoms with Crippen LogP contribution in [0.1, 0.15) is 41.5 Å². The molecule has 0 heterocycles. The van der Waals surface area contributed by atoms with Crippen LogP contribution in [-0.4, -0.2) is 22.2 Å². The van der Waals surface area contributed by atoms with Crippen LogP contribution in [0, 0.1) is 45.3 Å². The van der Waals surface area contributed by atoms with Crippen LogP contribution >= 0.6 is 0 Å². The molecule has 8 N–H and O–H groups in total. The van der Waals surface area contributed by atoms with Gasteiger partial charge in [0.2, 0.25) is 0 Å². The molecular weight excluding hydrogens is 502 g/mol. The molecule has 0 aromatic carbocycles. The van der Waals surface area contributed by atoms with E-state index in [1.54, 1.807) is 24.3 Å². The largest absolute Gasteiger partial charge is 0.481 e. The van der Waals surface area contributed by atoms with E-state index in [9.17, 15) is 0 Å². The van der Waals surface area contributed by atoms with Gasteiger partial charge in [0, 0.05) is 80.5 Å². The summed E-state index contributed by atoms with van der Waals surface area (Å²) >= 11 is 0. The summed E-state index contributed by atoms with van der Waals surface area (Å²) in [5.41, 5.74) is 0. The van der Waals surface area contributed by atoms with Gasteiger partial charge in [0.25, 0.3) is 11.9 Å². The van der Waals surface area contributed by atoms with Gasteiger partial charge in [-0.15, -0.1) is 0 Å². The van der Waals surface area contributed by atoms with Crippen molar-refractivity contribution in [3.05, 3.63) is 0 Å². The Morgan fingerprint density at radius 2 is 0.625 bits per heavy atom. The molecule has 0 aromatic rings. The third-order valence-corrected chi connectivity index (χ3v) is 0. The van der Waals surface area contributed by atoms with Crippen molar-refractivity contribution in [3.63, 3.8) is 0 Å². The summed E-state index contributed by atoms with van der Waals surface area (Å²) in [6.45, 7) is 7.89. The van der Waals surface area contributed by atoms with Gasteiger partial charge in [-0.2, -0.15) is 21.0 Å². The molecule has 10 nitrogen and oxygen atoms in total. The normalized spacial score (nSPS) is 3.42. The van der Waals surface area contributed by atoms with E-state index in [2.05, 4.69) is 0 Å². The molecule has 0 aromatic heterocycles. The Kier molecular flexibility index (Phi) is 365. The maximum atomic E-state index is 9.00. The van der Waals surface area contributed by atoms with E-state index in [1.807, 2.05) is 0 Å². The fourth-order valence-corrected chi connectivity index (χ4v) is 0. The summed E-state index contributed by atoms with van der Waals surface area (Å²) in [7, 11) is 0. The van der Waals surface area contributed by atoms with Crippen LogP contribution in [0.2, 0.25) is 0 Å². The van der Waals surface area contributed by atoms with Crippen LogP contribution in [0.4, 0.5) is 0 Å². The Balaban J connectivity index is -0.0000000119. The predicted octanol–water partition coefficient (Wildman–Crippen LogP) is 0.453. The van der Waals surface area contributed by atoms with Crippen LogP contribution in [0.5, 0.6) is 0 Å². The third-order valence-electron chi connectivity index (χ3n) is 0. The molecule has 12 heteroatoms. The fourth-order valence-electron chi connectivity index (χ4n) is 0. The van der Waals surface area contributed by atoms with Crippen molar-refractivity contribution in [2.45, 2.75) is 41.5 Å². The summed E-state index contributed by atoms with van der Waals surface area (Å²) in [6.07, 6.45) is 0. The zero-order valence-corrected chi connectivity index (χ0v) is 17.6. The number of carboxylic acids is 2. The summed E-state index contributed by atoms with van der Waals surface area (Å²) in [5, 5.41) is 44.1. The quantitative estimate of drug-likeness (QED) is 0.330. The van der Waals surface area contributed by atoms with Crippen molar-refractivity contribution in [1.82, 2.24) is 0 Å². The van der Waals surface area contributed by atoms with Crippen LogP contribution in [0.25, 0.3) is 0 Å². The second kappa shape index (κ2) is 130. The maximum Gasteiger partial charge on any atom is 0.300 e. The second-order valence-corrected chi connectivity index (χ2v) is 1.93. The van der Waals surface area contributed by atoms with Crippen molar-refractivity contribution < 1.29 is 69.7 Å². The fraction of sp³-hybridized carbons (Fsp3) is 0.500. The Morgan fingerprint density at radius 3 is 0.625 bits per heavy atom. The molecule has 0 aliphatic heterocycles. The number of aliphatic carboxylic acids is 2. The third kappa shape index (κ3) is 1950. The van der Waals surface area contributed by atoms with Gasteiger partial charge in [-0.1, -0.05) is 0 Å². The van der Waals surface area contributed by atoms with Crippen LogP contribution in [0.3, 0.4) is 0 Å². The summed E-state index contributed by atoms with van der Waals surface area (Å²) < 4.78 is 0. The van der Waals surface area contributed by atoms with Crippen molar-refractivity contribution in [2.24, 2.45) is 0 Å². The number of carboxylic acid groups (broad SMARTS) is 2. The molecule has 146 valence electrons. The number of carbonyl (C=O) groups is 2. The van der Waals surface area contributed by atoms with Crippen LogP contribution in [-0.2, 0) is 59.5 Å². The molecule has 0 saturated carbocycles. The topological polar surface area (TPSA) is 236 Å². The van der Waals surface area contributed by atoms with E-state index in [0.29, 0.717) is 0 Å². The van der Waals surface area contributed by atoms with Crippen molar-refractivity contribution in [3.8, 4) is 24.3 Å². The molecular formula is C12H26N4O6Rh2+2. The van der Waals surface area contributed by atoms with Gasteiger partial charge < -0.3 is 21.2 Å². The molecule has 0 amide bonds. The first-order valence-electron chi connectivity index (χ1n) is 4.75. The molecule has 2 radical (unpaired) electrons. The average Bonchev–Trinajstić information content (AvgIpc) is 2.18. The summed E-state index contributed by atoms with van der Waals surface area (Å²) in [6, 6.07) is 7.00. The first-order valence-corrected chi connectivity index (χ1v) is 4.75. The molecule has 0 atom stereocenters. The minimum Gasteiger partial charge on any atom is -0.481 e. The standard InChI is InChI=1S/4C2H3N.2C2H4O2.2H2O.2Rh/c4*1-2-3;2*1-2(3)4;;;;/h4*1H3;2*1H3,(H,3,4);2*1H2;;/p+2. The molecule has 24 heavy (non-hydrogen) atoms. The zero-order valence-electron chi connectivity index (χ0n) is 14.3. The minimum absolute atomic E-state index is 0. The van der Waals surface area contributed by atoms with Gasteiger partial charge in [0.1, 0.15) is 0 Å². The van der Waals surface area contributed by atoms with Crippen molar-refractivity contribution in [2.75, 3.05) is 0 Å². The zero-order chi connectivity index (χ0) is 18.0. The Morgan fingerprint density at radius 1 is 0.625 bits per heavy atom. The SMILES string of the molecule is CC#N.CC#N.CC#N.CC#N.CC(=O)O.CC(=O)O.[OH3+].[OH3+].[Rh].[Rh]. The van der Waals surface area contributed by atoms with Crippen molar-refractivity contribution >= 4 is 11.9 Å². The second-order valence-electron chi connectivity index (χ2n) is 1.93. The van der Waals surface area contributed by atoms with E-state index in [1.165, 1.54) is 27.7 Å². The average molecular weight is 528 g/mol. The molecule has 0 aliphatic carbocycles. The van der Waals surface area contributed by atoms with Gasteiger partial charge in [-0.05, 0) is 0 Å². The number of nitrogens with zero attached hydrogens (tertiary/aromatic N) is 4.